The second-order valence-corrected chi connectivity index (χ2v) is 5.40. The summed E-state index contributed by atoms with van der Waals surface area (Å²) in [5.74, 6) is 0.101. The summed E-state index contributed by atoms with van der Waals surface area (Å²) in [7, 11) is 0. The summed E-state index contributed by atoms with van der Waals surface area (Å²) in [6.07, 6.45) is 0. The van der Waals surface area contributed by atoms with Crippen LogP contribution < -0.4 is 0 Å². The molecule has 0 N–H and O–H groups in total. The van der Waals surface area contributed by atoms with Crippen molar-refractivity contribution in [2.75, 3.05) is 13.1 Å². The quantitative estimate of drug-likeness (QED) is 0.829. The lowest BCUT2D eigenvalue weighted by Gasteiger charge is -2.20. The zero-order valence-corrected chi connectivity index (χ0v) is 11.4. The molecule has 1 unspecified atom stereocenters. The first-order chi connectivity index (χ1) is 7.17. The van der Waals surface area contributed by atoms with Crippen molar-refractivity contribution in [3.05, 3.63) is 20.8 Å². The maximum absolute atomic E-state index is 8.78. The minimum atomic E-state index is 0.101. The van der Waals surface area contributed by atoms with Gasteiger partial charge in [-0.05, 0) is 40.8 Å². The molecule has 0 spiro atoms. The molecule has 0 fully saturated rings. The number of thiophene rings is 1. The number of halogens is 1. The molecule has 0 aliphatic heterocycles. The van der Waals surface area contributed by atoms with Crippen molar-refractivity contribution >= 4 is 27.3 Å². The van der Waals surface area contributed by atoms with E-state index in [4.69, 9.17) is 5.26 Å². The third-order valence-electron chi connectivity index (χ3n) is 2.26. The van der Waals surface area contributed by atoms with Gasteiger partial charge in [-0.25, -0.2) is 0 Å². The van der Waals surface area contributed by atoms with Gasteiger partial charge in [-0.3, -0.25) is 4.90 Å². The van der Waals surface area contributed by atoms with Crippen LogP contribution in [0.5, 0.6) is 0 Å². The van der Waals surface area contributed by atoms with Crippen molar-refractivity contribution in [1.82, 2.24) is 4.90 Å². The molecule has 2 nitrogen and oxygen atoms in total. The van der Waals surface area contributed by atoms with Crippen molar-refractivity contribution in [3.8, 4) is 6.07 Å². The number of rotatable bonds is 5. The Balaban J connectivity index is 2.55. The Kier molecular flexibility index (Phi) is 5.30. The molecule has 1 aromatic rings. The van der Waals surface area contributed by atoms with E-state index in [2.05, 4.69) is 45.3 Å². The highest BCUT2D eigenvalue weighted by Crippen LogP contribution is 2.24. The Morgan fingerprint density at radius 2 is 2.40 bits per heavy atom. The molecule has 1 aromatic heterocycles. The van der Waals surface area contributed by atoms with Gasteiger partial charge in [0.2, 0.25) is 0 Å². The van der Waals surface area contributed by atoms with E-state index in [9.17, 15) is 0 Å². The van der Waals surface area contributed by atoms with E-state index in [1.165, 1.54) is 9.35 Å². The predicted molar refractivity (Wildman–Crippen MR) is 67.7 cm³/mol. The van der Waals surface area contributed by atoms with Gasteiger partial charge in [0.15, 0.2) is 0 Å². The van der Waals surface area contributed by atoms with Crippen LogP contribution in [0.25, 0.3) is 0 Å². The van der Waals surface area contributed by atoms with Gasteiger partial charge in [-0.2, -0.15) is 5.26 Å². The van der Waals surface area contributed by atoms with E-state index in [0.717, 1.165) is 19.6 Å². The molecule has 82 valence electrons. The van der Waals surface area contributed by atoms with Crippen molar-refractivity contribution in [2.24, 2.45) is 5.92 Å². The lowest BCUT2D eigenvalue weighted by atomic mass is 10.2. The molecular formula is C11H15BrN2S. The first-order valence-electron chi connectivity index (χ1n) is 5.01. The zero-order chi connectivity index (χ0) is 11.3. The molecule has 0 aliphatic carbocycles. The first kappa shape index (κ1) is 12.7. The van der Waals surface area contributed by atoms with E-state index in [1.54, 1.807) is 11.3 Å². The van der Waals surface area contributed by atoms with Gasteiger partial charge in [0.25, 0.3) is 0 Å². The summed E-state index contributed by atoms with van der Waals surface area (Å²) in [5.41, 5.74) is 0. The highest BCUT2D eigenvalue weighted by Gasteiger charge is 2.10. The Morgan fingerprint density at radius 3 is 2.87 bits per heavy atom. The molecule has 1 rings (SSSR count). The van der Waals surface area contributed by atoms with Crippen LogP contribution >= 0.6 is 27.3 Å². The molecule has 1 heterocycles. The van der Waals surface area contributed by atoms with Crippen LogP contribution in [0.15, 0.2) is 15.9 Å². The van der Waals surface area contributed by atoms with Crippen LogP contribution in [0.4, 0.5) is 0 Å². The van der Waals surface area contributed by atoms with Crippen LogP contribution in [0.1, 0.15) is 18.7 Å². The van der Waals surface area contributed by atoms with Gasteiger partial charge in [0.05, 0.1) is 12.0 Å². The lowest BCUT2D eigenvalue weighted by molar-refractivity contribution is 0.262. The van der Waals surface area contributed by atoms with E-state index < -0.39 is 0 Å². The molecule has 0 aliphatic rings. The number of hydrogen-bond acceptors (Lipinski definition) is 3. The lowest BCUT2D eigenvalue weighted by Crippen LogP contribution is -2.27. The SMILES string of the molecule is CCN(Cc1sccc1Br)CC(C)C#N. The molecule has 1 atom stereocenters. The van der Waals surface area contributed by atoms with Crippen molar-refractivity contribution in [3.63, 3.8) is 0 Å². The third kappa shape index (κ3) is 3.94. The van der Waals surface area contributed by atoms with Crippen LogP contribution in [0, 0.1) is 17.2 Å². The third-order valence-corrected chi connectivity index (χ3v) is 4.17. The van der Waals surface area contributed by atoms with Gasteiger partial charge < -0.3 is 0 Å². The first-order valence-corrected chi connectivity index (χ1v) is 6.68. The smallest absolute Gasteiger partial charge is 0.0666 e. The van der Waals surface area contributed by atoms with Gasteiger partial charge in [-0.1, -0.05) is 6.92 Å². The van der Waals surface area contributed by atoms with Crippen molar-refractivity contribution in [1.29, 1.82) is 5.26 Å². The summed E-state index contributed by atoms with van der Waals surface area (Å²) in [6.45, 7) is 6.85. The minimum absolute atomic E-state index is 0.101. The summed E-state index contributed by atoms with van der Waals surface area (Å²) in [4.78, 5) is 3.63. The maximum atomic E-state index is 8.78. The Bertz CT molecular complexity index is 343. The van der Waals surface area contributed by atoms with E-state index in [-0.39, 0.29) is 5.92 Å². The monoisotopic (exact) mass is 286 g/mol. The largest absolute Gasteiger partial charge is 0.297 e. The van der Waals surface area contributed by atoms with Crippen molar-refractivity contribution < 1.29 is 0 Å². The van der Waals surface area contributed by atoms with Gasteiger partial charge >= 0.3 is 0 Å². The fourth-order valence-electron chi connectivity index (χ4n) is 1.37. The van der Waals surface area contributed by atoms with E-state index in [1.807, 2.05) is 6.92 Å². The van der Waals surface area contributed by atoms with Crippen LogP contribution in [0.2, 0.25) is 0 Å². The van der Waals surface area contributed by atoms with Crippen LogP contribution in [0.3, 0.4) is 0 Å². The molecular weight excluding hydrogens is 272 g/mol. The summed E-state index contributed by atoms with van der Waals surface area (Å²) < 4.78 is 1.18. The zero-order valence-electron chi connectivity index (χ0n) is 9.03. The fourth-order valence-corrected chi connectivity index (χ4v) is 2.89. The molecule has 0 radical (unpaired) electrons. The molecule has 15 heavy (non-hydrogen) atoms. The van der Waals surface area contributed by atoms with Gasteiger partial charge in [0, 0.05) is 22.4 Å². The fraction of sp³-hybridized carbons (Fsp3) is 0.545. The second-order valence-electron chi connectivity index (χ2n) is 3.55. The predicted octanol–water partition coefficient (Wildman–Crippen LogP) is 3.49. The summed E-state index contributed by atoms with van der Waals surface area (Å²) >= 11 is 5.28. The highest BCUT2D eigenvalue weighted by atomic mass is 79.9. The van der Waals surface area contributed by atoms with Gasteiger partial charge in [-0.15, -0.1) is 11.3 Å². The topological polar surface area (TPSA) is 27.0 Å². The average Bonchev–Trinajstić information content (AvgIpc) is 2.63. The molecule has 0 saturated heterocycles. The Labute approximate surface area is 104 Å². The average molecular weight is 287 g/mol. The number of nitrogens with zero attached hydrogens (tertiary/aromatic N) is 2. The highest BCUT2D eigenvalue weighted by molar-refractivity contribution is 9.10. The Morgan fingerprint density at radius 1 is 1.67 bits per heavy atom. The second kappa shape index (κ2) is 6.26. The van der Waals surface area contributed by atoms with Crippen molar-refractivity contribution in [2.45, 2.75) is 20.4 Å². The molecule has 0 bridgehead atoms. The van der Waals surface area contributed by atoms with Gasteiger partial charge in [0.1, 0.15) is 0 Å². The van der Waals surface area contributed by atoms with E-state index in [0.29, 0.717) is 0 Å². The van der Waals surface area contributed by atoms with Crippen LogP contribution in [-0.2, 0) is 6.54 Å². The molecule has 0 amide bonds. The number of hydrogen-bond donors (Lipinski definition) is 0. The van der Waals surface area contributed by atoms with E-state index >= 15 is 0 Å². The minimum Gasteiger partial charge on any atom is -0.297 e. The summed E-state index contributed by atoms with van der Waals surface area (Å²) in [5, 5.41) is 10.9. The normalized spacial score (nSPS) is 12.7. The van der Waals surface area contributed by atoms with Crippen LogP contribution in [-0.4, -0.2) is 18.0 Å². The summed E-state index contributed by atoms with van der Waals surface area (Å²) in [6, 6.07) is 4.34. The molecule has 4 heteroatoms. The molecule has 0 aromatic carbocycles. The standard InChI is InChI=1S/C11H15BrN2S/c1-3-14(7-9(2)6-13)8-11-10(12)4-5-15-11/h4-5,9H,3,7-8H2,1-2H3. The molecule has 0 saturated carbocycles. The Hall–Kier alpha value is -0.370. The number of nitriles is 1. The maximum Gasteiger partial charge on any atom is 0.0666 e.